The molecule has 4 heterocycles. The summed E-state index contributed by atoms with van der Waals surface area (Å²) in [5.74, 6) is 0.454. The molecule has 8 heteroatoms. The molecule has 1 atom stereocenters. The van der Waals surface area contributed by atoms with Gasteiger partial charge in [0, 0.05) is 34.8 Å². The Morgan fingerprint density at radius 2 is 1.97 bits per heavy atom. The number of nitrogen functional groups attached to an aromatic ring is 1. The first-order valence-electron chi connectivity index (χ1n) is 10.7. The Bertz CT molecular complexity index is 1530. The molecule has 0 spiro atoms. The van der Waals surface area contributed by atoms with Crippen molar-refractivity contribution >= 4 is 33.4 Å². The fourth-order valence-corrected chi connectivity index (χ4v) is 4.21. The van der Waals surface area contributed by atoms with Gasteiger partial charge < -0.3 is 11.1 Å². The Hall–Kier alpha value is -3.78. The Morgan fingerprint density at radius 3 is 2.78 bits per heavy atom. The number of nitrogens with one attached hydrogen (secondary N) is 1. The molecule has 5 rings (SSSR count). The molecular weight excluding hydrogens is 402 g/mol. The summed E-state index contributed by atoms with van der Waals surface area (Å²) in [6.45, 7) is 4.87. The average molecular weight is 428 g/mol. The molecule has 0 saturated heterocycles. The van der Waals surface area contributed by atoms with Gasteiger partial charge in [-0.15, -0.1) is 0 Å². The summed E-state index contributed by atoms with van der Waals surface area (Å²) in [4.78, 5) is 22.3. The molecule has 8 nitrogen and oxygen atoms in total. The topological polar surface area (TPSA) is 103 Å². The van der Waals surface area contributed by atoms with Crippen molar-refractivity contribution in [1.82, 2.24) is 29.5 Å². The van der Waals surface area contributed by atoms with Crippen LogP contribution in [0.5, 0.6) is 0 Å². The van der Waals surface area contributed by atoms with Gasteiger partial charge in [0.05, 0.1) is 17.1 Å². The fraction of sp³-hybridized carbons (Fsp3) is 0.250. The van der Waals surface area contributed by atoms with E-state index < -0.39 is 0 Å². The molecule has 0 saturated carbocycles. The number of aryl methyl sites for hydroxylation is 1. The van der Waals surface area contributed by atoms with Crippen LogP contribution in [-0.4, -0.2) is 37.7 Å². The van der Waals surface area contributed by atoms with Gasteiger partial charge in [0.2, 0.25) is 0 Å². The number of aromatic nitrogens is 5. The van der Waals surface area contributed by atoms with Gasteiger partial charge in [-0.25, -0.2) is 4.98 Å². The minimum absolute atomic E-state index is 0.0373. The number of hydrogen-bond acceptors (Lipinski definition) is 6. The van der Waals surface area contributed by atoms with E-state index in [1.165, 1.54) is 5.56 Å². The number of fused-ring (bicyclic) bond motifs is 3. The van der Waals surface area contributed by atoms with Crippen LogP contribution in [0.25, 0.3) is 38.7 Å². The Labute approximate surface area is 184 Å². The molecule has 0 aliphatic rings. The summed E-state index contributed by atoms with van der Waals surface area (Å²) in [7, 11) is 1.90. The normalized spacial score (nSPS) is 12.7. The van der Waals surface area contributed by atoms with Crippen molar-refractivity contribution in [2.75, 3.05) is 19.3 Å². The lowest BCUT2D eigenvalue weighted by Gasteiger charge is -2.18. The van der Waals surface area contributed by atoms with E-state index in [0.717, 1.165) is 35.0 Å². The summed E-state index contributed by atoms with van der Waals surface area (Å²) in [6, 6.07) is 11.5. The molecule has 32 heavy (non-hydrogen) atoms. The SMILES string of the molecule is CNCCC(C)n1c(=O)ccc2c(N)n3ncc(-c4cnc5ccc(C)cc5c4)c3nc21. The number of pyridine rings is 2. The number of nitrogens with zero attached hydrogens (tertiary/aromatic N) is 5. The monoisotopic (exact) mass is 427 g/mol. The maximum absolute atomic E-state index is 12.8. The molecule has 1 aromatic carbocycles. The van der Waals surface area contributed by atoms with Crippen LogP contribution in [0.1, 0.15) is 24.9 Å². The van der Waals surface area contributed by atoms with Crippen molar-refractivity contribution in [3.8, 4) is 11.1 Å². The molecule has 4 aromatic heterocycles. The van der Waals surface area contributed by atoms with E-state index in [-0.39, 0.29) is 11.6 Å². The highest BCUT2D eigenvalue weighted by Crippen LogP contribution is 2.30. The maximum Gasteiger partial charge on any atom is 0.252 e. The van der Waals surface area contributed by atoms with Crippen molar-refractivity contribution in [2.24, 2.45) is 0 Å². The zero-order valence-corrected chi connectivity index (χ0v) is 18.3. The van der Waals surface area contributed by atoms with Crippen LogP contribution in [0.2, 0.25) is 0 Å². The summed E-state index contributed by atoms with van der Waals surface area (Å²) >= 11 is 0. The van der Waals surface area contributed by atoms with Crippen LogP contribution in [0, 0.1) is 6.92 Å². The van der Waals surface area contributed by atoms with Gasteiger partial charge in [-0.3, -0.25) is 14.3 Å². The first-order valence-corrected chi connectivity index (χ1v) is 10.7. The quantitative estimate of drug-likeness (QED) is 0.446. The second kappa shape index (κ2) is 7.72. The first kappa shape index (κ1) is 20.1. The lowest BCUT2D eigenvalue weighted by molar-refractivity contribution is 0.493. The second-order valence-corrected chi connectivity index (χ2v) is 8.23. The predicted octanol–water partition coefficient (Wildman–Crippen LogP) is 3.32. The highest BCUT2D eigenvalue weighted by atomic mass is 16.1. The van der Waals surface area contributed by atoms with Crippen LogP contribution >= 0.6 is 0 Å². The Kier molecular flexibility index (Phi) is 4.86. The smallest absolute Gasteiger partial charge is 0.252 e. The summed E-state index contributed by atoms with van der Waals surface area (Å²) in [5.41, 5.74) is 11.4. The van der Waals surface area contributed by atoms with E-state index in [0.29, 0.717) is 22.5 Å². The summed E-state index contributed by atoms with van der Waals surface area (Å²) < 4.78 is 3.35. The van der Waals surface area contributed by atoms with Crippen LogP contribution in [0.15, 0.2) is 53.6 Å². The van der Waals surface area contributed by atoms with Crippen molar-refractivity contribution in [1.29, 1.82) is 0 Å². The van der Waals surface area contributed by atoms with E-state index in [1.54, 1.807) is 27.4 Å². The van der Waals surface area contributed by atoms with Crippen LogP contribution in [0.3, 0.4) is 0 Å². The van der Waals surface area contributed by atoms with Gasteiger partial charge in [0.1, 0.15) is 11.5 Å². The first-order chi connectivity index (χ1) is 15.5. The van der Waals surface area contributed by atoms with E-state index in [1.807, 2.05) is 32.3 Å². The zero-order chi connectivity index (χ0) is 22.4. The van der Waals surface area contributed by atoms with Crippen LogP contribution in [0.4, 0.5) is 5.82 Å². The third-order valence-electron chi connectivity index (χ3n) is 5.96. The zero-order valence-electron chi connectivity index (χ0n) is 18.3. The molecule has 3 N–H and O–H groups in total. The summed E-state index contributed by atoms with van der Waals surface area (Å²) in [5, 5.41) is 9.39. The lowest BCUT2D eigenvalue weighted by Crippen LogP contribution is -2.26. The number of nitrogens with two attached hydrogens (primary N) is 1. The van der Waals surface area contributed by atoms with E-state index in [4.69, 9.17) is 10.7 Å². The van der Waals surface area contributed by atoms with Crippen LogP contribution < -0.4 is 16.6 Å². The van der Waals surface area contributed by atoms with E-state index in [9.17, 15) is 4.79 Å². The molecule has 5 aromatic rings. The molecule has 1 unspecified atom stereocenters. The maximum atomic E-state index is 12.8. The third kappa shape index (κ3) is 3.20. The van der Waals surface area contributed by atoms with Crippen LogP contribution in [-0.2, 0) is 0 Å². The van der Waals surface area contributed by atoms with Crippen molar-refractivity contribution in [3.05, 3.63) is 64.7 Å². The van der Waals surface area contributed by atoms with Gasteiger partial charge >= 0.3 is 0 Å². The van der Waals surface area contributed by atoms with Gasteiger partial charge in [-0.05, 0) is 58.1 Å². The second-order valence-electron chi connectivity index (χ2n) is 8.23. The highest BCUT2D eigenvalue weighted by molar-refractivity contribution is 5.92. The minimum Gasteiger partial charge on any atom is -0.383 e. The number of rotatable bonds is 5. The van der Waals surface area contributed by atoms with Crippen molar-refractivity contribution < 1.29 is 0 Å². The molecule has 0 amide bonds. The van der Waals surface area contributed by atoms with Gasteiger partial charge in [-0.1, -0.05) is 11.6 Å². The largest absolute Gasteiger partial charge is 0.383 e. The van der Waals surface area contributed by atoms with Gasteiger partial charge in [0.25, 0.3) is 5.56 Å². The van der Waals surface area contributed by atoms with Gasteiger partial charge in [-0.2, -0.15) is 9.61 Å². The Balaban J connectivity index is 1.76. The number of hydrogen-bond donors (Lipinski definition) is 2. The van der Waals surface area contributed by atoms with E-state index in [2.05, 4.69) is 34.5 Å². The molecule has 0 radical (unpaired) electrons. The van der Waals surface area contributed by atoms with Crippen molar-refractivity contribution in [3.63, 3.8) is 0 Å². The highest BCUT2D eigenvalue weighted by Gasteiger charge is 2.18. The molecular formula is C24H25N7O. The molecule has 0 aliphatic heterocycles. The van der Waals surface area contributed by atoms with Crippen molar-refractivity contribution in [2.45, 2.75) is 26.3 Å². The Morgan fingerprint density at radius 1 is 1.12 bits per heavy atom. The molecule has 0 fully saturated rings. The number of benzene rings is 1. The minimum atomic E-state index is -0.0961. The molecule has 0 bridgehead atoms. The van der Waals surface area contributed by atoms with E-state index >= 15 is 0 Å². The summed E-state index contributed by atoms with van der Waals surface area (Å²) in [6.07, 6.45) is 4.37. The van der Waals surface area contributed by atoms with Gasteiger partial charge in [0.15, 0.2) is 5.65 Å². The fourth-order valence-electron chi connectivity index (χ4n) is 4.21. The molecule has 162 valence electrons. The average Bonchev–Trinajstić information content (AvgIpc) is 3.21. The number of anilines is 1. The lowest BCUT2D eigenvalue weighted by atomic mass is 10.1. The predicted molar refractivity (Wildman–Crippen MR) is 128 cm³/mol. The standard InChI is InChI=1S/C24H25N7O/c1-14-4-6-20-16(10-14)11-17(12-27-20)19-13-28-31-22(25)18-5-7-21(32)30(15(2)8-9-26-3)23(18)29-24(19)31/h4-7,10-13,15,26H,8-9,25H2,1-3H3. The third-order valence-corrected chi connectivity index (χ3v) is 5.96. The molecule has 0 aliphatic carbocycles.